The zero-order valence-corrected chi connectivity index (χ0v) is 10.5. The van der Waals surface area contributed by atoms with Gasteiger partial charge in [-0.3, -0.25) is 4.57 Å². The zero-order valence-electron chi connectivity index (χ0n) is 10.5. The average Bonchev–Trinajstić information content (AvgIpc) is 2.76. The molecule has 0 fully saturated rings. The van der Waals surface area contributed by atoms with Crippen LogP contribution in [0.5, 0.6) is 5.75 Å². The third-order valence-corrected chi connectivity index (χ3v) is 2.84. The molecule has 0 bridgehead atoms. The van der Waals surface area contributed by atoms with Gasteiger partial charge in [-0.2, -0.15) is 0 Å². The molecule has 0 aliphatic carbocycles. The predicted molar refractivity (Wildman–Crippen MR) is 72.6 cm³/mol. The van der Waals surface area contributed by atoms with E-state index in [1.807, 2.05) is 6.07 Å². The van der Waals surface area contributed by atoms with E-state index in [4.69, 9.17) is 9.15 Å². The number of aromatic nitrogens is 1. The first-order chi connectivity index (χ1) is 9.74. The maximum Gasteiger partial charge on any atom is 0.420 e. The molecule has 3 rings (SSSR count). The first kappa shape index (κ1) is 12.2. The van der Waals surface area contributed by atoms with Gasteiger partial charge in [0.05, 0.1) is 5.52 Å². The van der Waals surface area contributed by atoms with Crippen molar-refractivity contribution in [3.8, 4) is 5.75 Å². The summed E-state index contributed by atoms with van der Waals surface area (Å²) in [5.41, 5.74) is 1.02. The number of benzene rings is 2. The Morgan fingerprint density at radius 1 is 1.05 bits per heavy atom. The maximum atomic E-state index is 11.9. The van der Waals surface area contributed by atoms with Crippen LogP contribution in [0.1, 0.15) is 0 Å². The van der Waals surface area contributed by atoms with Crippen molar-refractivity contribution < 1.29 is 13.9 Å². The summed E-state index contributed by atoms with van der Waals surface area (Å²) in [5, 5.41) is 0. The molecule has 0 atom stereocenters. The van der Waals surface area contributed by atoms with Gasteiger partial charge in [0.1, 0.15) is 12.3 Å². The highest BCUT2D eigenvalue weighted by Crippen LogP contribution is 2.13. The molecule has 1 heterocycles. The number of fused-ring (bicyclic) bond motifs is 1. The largest absolute Gasteiger partial charge is 0.425 e. The minimum absolute atomic E-state index is 0.190. The Morgan fingerprint density at radius 2 is 1.75 bits per heavy atom. The van der Waals surface area contributed by atoms with Crippen molar-refractivity contribution in [1.82, 2.24) is 4.57 Å². The lowest BCUT2D eigenvalue weighted by molar-refractivity contribution is -0.135. The molecule has 20 heavy (non-hydrogen) atoms. The smallest absolute Gasteiger partial charge is 0.420 e. The molecule has 0 aliphatic heterocycles. The van der Waals surface area contributed by atoms with E-state index in [0.29, 0.717) is 16.8 Å². The van der Waals surface area contributed by atoms with Crippen molar-refractivity contribution >= 4 is 17.1 Å². The van der Waals surface area contributed by atoms with Crippen LogP contribution in [0.2, 0.25) is 0 Å². The summed E-state index contributed by atoms with van der Waals surface area (Å²) in [4.78, 5) is 23.6. The van der Waals surface area contributed by atoms with Crippen LogP contribution in [0.15, 0.2) is 63.8 Å². The molecule has 5 nitrogen and oxygen atoms in total. The summed E-state index contributed by atoms with van der Waals surface area (Å²) in [6, 6.07) is 15.6. The van der Waals surface area contributed by atoms with E-state index in [1.165, 1.54) is 4.57 Å². The average molecular weight is 269 g/mol. The molecule has 0 saturated heterocycles. The van der Waals surface area contributed by atoms with E-state index in [0.717, 1.165) is 0 Å². The van der Waals surface area contributed by atoms with Gasteiger partial charge in [-0.15, -0.1) is 0 Å². The summed E-state index contributed by atoms with van der Waals surface area (Å²) < 4.78 is 11.5. The second-order valence-electron chi connectivity index (χ2n) is 4.21. The fourth-order valence-electron chi connectivity index (χ4n) is 1.95. The van der Waals surface area contributed by atoms with Crippen molar-refractivity contribution in [2.45, 2.75) is 6.54 Å². The Morgan fingerprint density at radius 3 is 2.55 bits per heavy atom. The molecule has 0 saturated carbocycles. The number of esters is 1. The number of carbonyl (C=O) groups excluding carboxylic acids is 1. The number of para-hydroxylation sites is 3. The first-order valence-electron chi connectivity index (χ1n) is 6.08. The highest BCUT2D eigenvalue weighted by Gasteiger charge is 2.13. The third-order valence-electron chi connectivity index (χ3n) is 2.84. The lowest BCUT2D eigenvalue weighted by Crippen LogP contribution is -2.23. The summed E-state index contributed by atoms with van der Waals surface area (Å²) in [5.74, 6) is -0.653. The van der Waals surface area contributed by atoms with E-state index in [-0.39, 0.29) is 6.54 Å². The molecule has 0 spiro atoms. The Labute approximate surface area is 114 Å². The molecule has 0 aliphatic rings. The molecule has 100 valence electrons. The number of rotatable bonds is 3. The van der Waals surface area contributed by atoms with E-state index < -0.39 is 11.7 Å². The molecule has 0 radical (unpaired) electrons. The number of carbonyl (C=O) groups is 1. The van der Waals surface area contributed by atoms with Crippen molar-refractivity contribution in [2.24, 2.45) is 0 Å². The van der Waals surface area contributed by atoms with Gasteiger partial charge in [-0.05, 0) is 24.3 Å². The monoisotopic (exact) mass is 269 g/mol. The Hall–Kier alpha value is -2.82. The lowest BCUT2D eigenvalue weighted by atomic mass is 10.3. The summed E-state index contributed by atoms with van der Waals surface area (Å²) >= 11 is 0. The van der Waals surface area contributed by atoms with Crippen LogP contribution in [0.25, 0.3) is 11.1 Å². The topological polar surface area (TPSA) is 61.4 Å². The van der Waals surface area contributed by atoms with Gasteiger partial charge in [0.2, 0.25) is 0 Å². The molecule has 0 amide bonds. The van der Waals surface area contributed by atoms with Crippen molar-refractivity contribution in [2.75, 3.05) is 0 Å². The first-order valence-corrected chi connectivity index (χ1v) is 6.08. The fraction of sp³-hybridized carbons (Fsp3) is 0.0667. The molecule has 0 N–H and O–H groups in total. The number of hydrogen-bond acceptors (Lipinski definition) is 4. The van der Waals surface area contributed by atoms with E-state index in [9.17, 15) is 9.59 Å². The van der Waals surface area contributed by atoms with Gasteiger partial charge in [0.15, 0.2) is 5.58 Å². The molecule has 1 aromatic heterocycles. The van der Waals surface area contributed by atoms with Gasteiger partial charge < -0.3 is 9.15 Å². The van der Waals surface area contributed by atoms with Crippen LogP contribution < -0.4 is 10.5 Å². The fourth-order valence-corrected chi connectivity index (χ4v) is 1.95. The molecule has 5 heteroatoms. The molecule has 2 aromatic carbocycles. The van der Waals surface area contributed by atoms with Crippen LogP contribution in [0.4, 0.5) is 0 Å². The maximum absolute atomic E-state index is 11.9. The van der Waals surface area contributed by atoms with Crippen molar-refractivity contribution in [3.63, 3.8) is 0 Å². The van der Waals surface area contributed by atoms with E-state index >= 15 is 0 Å². The normalized spacial score (nSPS) is 10.6. The second-order valence-corrected chi connectivity index (χ2v) is 4.21. The number of ether oxygens (including phenoxy) is 1. The Bertz CT molecular complexity index is 801. The van der Waals surface area contributed by atoms with Gasteiger partial charge in [0, 0.05) is 0 Å². The van der Waals surface area contributed by atoms with Crippen LogP contribution in [0.3, 0.4) is 0 Å². The highest BCUT2D eigenvalue weighted by molar-refractivity contribution is 5.77. The SMILES string of the molecule is O=C(Cn1c(=O)oc2ccccc21)Oc1ccccc1. The minimum atomic E-state index is -0.573. The van der Waals surface area contributed by atoms with Crippen molar-refractivity contribution in [1.29, 1.82) is 0 Å². The number of hydrogen-bond donors (Lipinski definition) is 0. The minimum Gasteiger partial charge on any atom is -0.425 e. The summed E-state index contributed by atoms with van der Waals surface area (Å²) in [7, 11) is 0. The Kier molecular flexibility index (Phi) is 3.09. The highest BCUT2D eigenvalue weighted by atomic mass is 16.5. The van der Waals surface area contributed by atoms with E-state index in [1.54, 1.807) is 48.5 Å². The van der Waals surface area contributed by atoms with Gasteiger partial charge in [0.25, 0.3) is 0 Å². The zero-order chi connectivity index (χ0) is 13.9. The molecular weight excluding hydrogens is 258 g/mol. The van der Waals surface area contributed by atoms with E-state index in [2.05, 4.69) is 0 Å². The second kappa shape index (κ2) is 5.05. The van der Waals surface area contributed by atoms with Crippen LogP contribution in [0, 0.1) is 0 Å². The van der Waals surface area contributed by atoms with Crippen molar-refractivity contribution in [3.05, 3.63) is 65.1 Å². The molecular formula is C15H11NO4. The standard InChI is InChI=1S/C15H11NO4/c17-14(19-11-6-2-1-3-7-11)10-16-12-8-4-5-9-13(12)20-15(16)18/h1-9H,10H2. The van der Waals surface area contributed by atoms with Crippen LogP contribution in [-0.2, 0) is 11.3 Å². The number of oxazole rings is 1. The third kappa shape index (κ3) is 2.33. The molecule has 3 aromatic rings. The van der Waals surface area contributed by atoms with Crippen LogP contribution >= 0.6 is 0 Å². The van der Waals surface area contributed by atoms with Crippen LogP contribution in [-0.4, -0.2) is 10.5 Å². The predicted octanol–water partition coefficient (Wildman–Crippen LogP) is 2.20. The van der Waals surface area contributed by atoms with Gasteiger partial charge in [-0.25, -0.2) is 9.59 Å². The summed E-state index contributed by atoms with van der Waals surface area (Å²) in [6.45, 7) is -0.190. The Balaban J connectivity index is 1.85. The van der Waals surface area contributed by atoms with Gasteiger partial charge in [-0.1, -0.05) is 30.3 Å². The molecule has 0 unspecified atom stereocenters. The number of nitrogens with zero attached hydrogens (tertiary/aromatic N) is 1. The quantitative estimate of drug-likeness (QED) is 0.540. The van der Waals surface area contributed by atoms with Gasteiger partial charge >= 0.3 is 11.7 Å². The lowest BCUT2D eigenvalue weighted by Gasteiger charge is -2.04. The summed E-state index contributed by atoms with van der Waals surface area (Å²) in [6.07, 6.45) is 0.